The lowest BCUT2D eigenvalue weighted by Crippen LogP contribution is -2.28. The number of thiocarbonyl (C=S) groups is 1. The van der Waals surface area contributed by atoms with Crippen molar-refractivity contribution in [2.75, 3.05) is 5.32 Å². The van der Waals surface area contributed by atoms with Crippen LogP contribution >= 0.6 is 12.2 Å². The van der Waals surface area contributed by atoms with Crippen LogP contribution in [0.15, 0.2) is 72.3 Å². The van der Waals surface area contributed by atoms with Gasteiger partial charge in [0, 0.05) is 17.7 Å². The number of halogens is 1. The normalized spacial score (nSPS) is 13.7. The summed E-state index contributed by atoms with van der Waals surface area (Å²) < 4.78 is 13.1. The smallest absolute Gasteiger partial charge is 0.180 e. The van der Waals surface area contributed by atoms with Gasteiger partial charge in [0.15, 0.2) is 10.8 Å². The van der Waals surface area contributed by atoms with Crippen molar-refractivity contribution in [1.29, 1.82) is 0 Å². The summed E-state index contributed by atoms with van der Waals surface area (Å²) in [6, 6.07) is 13.5. The predicted octanol–water partition coefficient (Wildman–Crippen LogP) is 4.51. The number of hydrogen-bond acceptors (Lipinski definition) is 4. The van der Waals surface area contributed by atoms with E-state index in [0.717, 1.165) is 17.0 Å². The third-order valence-electron chi connectivity index (χ3n) is 4.09. The van der Waals surface area contributed by atoms with Crippen LogP contribution < -0.4 is 10.6 Å². The van der Waals surface area contributed by atoms with Crippen molar-refractivity contribution in [2.45, 2.75) is 12.8 Å². The molecule has 2 N–H and O–H groups in total. The van der Waals surface area contributed by atoms with Gasteiger partial charge in [0.05, 0.1) is 11.9 Å². The second-order valence-electron chi connectivity index (χ2n) is 6.05. The Hall–Kier alpha value is -3.19. The number of fused-ring (bicyclic) bond motifs is 1. The van der Waals surface area contributed by atoms with Crippen molar-refractivity contribution in [3.63, 3.8) is 0 Å². The van der Waals surface area contributed by atoms with E-state index in [9.17, 15) is 4.39 Å². The van der Waals surface area contributed by atoms with E-state index < -0.39 is 0 Å². The van der Waals surface area contributed by atoms with Crippen LogP contribution in [0.4, 0.5) is 10.2 Å². The maximum atomic E-state index is 13.1. The van der Waals surface area contributed by atoms with E-state index in [-0.39, 0.29) is 5.83 Å². The van der Waals surface area contributed by atoms with E-state index in [1.165, 1.54) is 6.08 Å². The Morgan fingerprint density at radius 2 is 1.81 bits per heavy atom. The highest BCUT2D eigenvalue weighted by Gasteiger charge is 2.09. The molecule has 134 valence electrons. The Balaban J connectivity index is 1.53. The minimum Gasteiger partial charge on any atom is -0.336 e. The molecule has 0 spiro atoms. The summed E-state index contributed by atoms with van der Waals surface area (Å²) in [5.41, 5.74) is 3.84. The molecule has 0 radical (unpaired) electrons. The molecule has 27 heavy (non-hydrogen) atoms. The van der Waals surface area contributed by atoms with Gasteiger partial charge in [0.1, 0.15) is 17.2 Å². The number of allylic oxidation sites excluding steroid dienone is 4. The molecule has 0 bridgehead atoms. The van der Waals surface area contributed by atoms with Crippen molar-refractivity contribution in [3.05, 3.63) is 72.3 Å². The Bertz CT molecular complexity index is 1060. The lowest BCUT2D eigenvalue weighted by atomic mass is 10.1. The van der Waals surface area contributed by atoms with Crippen molar-refractivity contribution >= 4 is 34.3 Å². The van der Waals surface area contributed by atoms with E-state index in [2.05, 4.69) is 25.6 Å². The molecule has 2 aromatic heterocycles. The maximum absolute atomic E-state index is 13.1. The highest BCUT2D eigenvalue weighted by molar-refractivity contribution is 7.80. The summed E-state index contributed by atoms with van der Waals surface area (Å²) in [7, 11) is 0. The van der Waals surface area contributed by atoms with Crippen LogP contribution in [0.25, 0.3) is 22.4 Å². The van der Waals surface area contributed by atoms with Gasteiger partial charge in [-0.25, -0.2) is 14.4 Å². The van der Waals surface area contributed by atoms with Crippen molar-refractivity contribution in [2.24, 2.45) is 0 Å². The molecular formula is C20H16FN5S. The Morgan fingerprint density at radius 3 is 2.59 bits per heavy atom. The number of nitrogens with one attached hydrogen (secondary N) is 2. The molecule has 0 aliphatic heterocycles. The third-order valence-corrected chi connectivity index (χ3v) is 4.29. The zero-order valence-electron chi connectivity index (χ0n) is 14.3. The molecule has 1 aromatic carbocycles. The molecular weight excluding hydrogens is 361 g/mol. The van der Waals surface area contributed by atoms with Gasteiger partial charge in [-0.2, -0.15) is 0 Å². The van der Waals surface area contributed by atoms with Gasteiger partial charge in [-0.15, -0.1) is 0 Å². The summed E-state index contributed by atoms with van der Waals surface area (Å²) in [4.78, 5) is 13.5. The van der Waals surface area contributed by atoms with Gasteiger partial charge in [-0.3, -0.25) is 4.98 Å². The van der Waals surface area contributed by atoms with Crippen LogP contribution in [0, 0.1) is 0 Å². The molecule has 0 unspecified atom stereocenters. The predicted molar refractivity (Wildman–Crippen MR) is 109 cm³/mol. The van der Waals surface area contributed by atoms with Crippen molar-refractivity contribution < 1.29 is 4.39 Å². The Kier molecular flexibility index (Phi) is 4.84. The van der Waals surface area contributed by atoms with E-state index in [1.807, 2.05) is 36.4 Å². The minimum atomic E-state index is -0.122. The summed E-state index contributed by atoms with van der Waals surface area (Å²) in [5.74, 6) is 0.445. The number of aromatic nitrogens is 3. The monoisotopic (exact) mass is 377 g/mol. The van der Waals surface area contributed by atoms with Gasteiger partial charge in [-0.1, -0.05) is 30.3 Å². The molecule has 3 aromatic rings. The molecule has 0 saturated carbocycles. The molecule has 7 heteroatoms. The maximum Gasteiger partial charge on any atom is 0.180 e. The van der Waals surface area contributed by atoms with Crippen molar-refractivity contribution in [3.8, 4) is 11.3 Å². The average Bonchev–Trinajstić information content (AvgIpc) is 2.70. The summed E-state index contributed by atoms with van der Waals surface area (Å²) in [6.07, 6.45) is 5.84. The number of nitrogens with zero attached hydrogens (tertiary/aromatic N) is 3. The van der Waals surface area contributed by atoms with Gasteiger partial charge >= 0.3 is 0 Å². The lowest BCUT2D eigenvalue weighted by Gasteiger charge is -2.15. The second kappa shape index (κ2) is 7.59. The van der Waals surface area contributed by atoms with Crippen LogP contribution in [-0.4, -0.2) is 20.1 Å². The first kappa shape index (κ1) is 17.2. The number of benzene rings is 1. The fourth-order valence-electron chi connectivity index (χ4n) is 2.72. The van der Waals surface area contributed by atoms with Crippen LogP contribution in [-0.2, 0) is 0 Å². The highest BCUT2D eigenvalue weighted by atomic mass is 32.1. The summed E-state index contributed by atoms with van der Waals surface area (Å²) in [5, 5.41) is 6.50. The van der Waals surface area contributed by atoms with Crippen molar-refractivity contribution in [1.82, 2.24) is 20.3 Å². The SMILES string of the molecule is FC1=CC=C(NC(=S)Nc2ccc3ncc(-c4ccccc4)nc3n2)CC1. The lowest BCUT2D eigenvalue weighted by molar-refractivity contribution is 0.578. The summed E-state index contributed by atoms with van der Waals surface area (Å²) in [6.45, 7) is 0. The van der Waals surface area contributed by atoms with Gasteiger partial charge < -0.3 is 10.6 Å². The standard InChI is InChI=1S/C20H16FN5S/c21-14-6-8-15(9-7-14)23-20(27)26-18-11-10-16-19(25-18)24-17(12-22-16)13-4-2-1-3-5-13/h1-6,8,10-12H,7,9H2,(H2,23,24,25,26,27). The molecule has 0 saturated heterocycles. The van der Waals surface area contributed by atoms with Gasteiger partial charge in [-0.05, 0) is 42.9 Å². The van der Waals surface area contributed by atoms with Crippen LogP contribution in [0.3, 0.4) is 0 Å². The van der Waals surface area contributed by atoms with Crippen LogP contribution in [0.1, 0.15) is 12.8 Å². The fraction of sp³-hybridized carbons (Fsp3) is 0.100. The van der Waals surface area contributed by atoms with E-state index >= 15 is 0 Å². The largest absolute Gasteiger partial charge is 0.336 e. The number of pyridine rings is 1. The Labute approximate surface area is 161 Å². The molecule has 2 heterocycles. The van der Waals surface area contributed by atoms with Crippen LogP contribution in [0.2, 0.25) is 0 Å². The van der Waals surface area contributed by atoms with Gasteiger partial charge in [0.25, 0.3) is 0 Å². The molecule has 4 rings (SSSR count). The molecule has 1 aliphatic carbocycles. The topological polar surface area (TPSA) is 62.7 Å². The summed E-state index contributed by atoms with van der Waals surface area (Å²) >= 11 is 5.32. The van der Waals surface area contributed by atoms with E-state index in [4.69, 9.17) is 12.2 Å². The van der Waals surface area contributed by atoms with Gasteiger partial charge in [0.2, 0.25) is 0 Å². The average molecular weight is 377 g/mol. The third kappa shape index (κ3) is 4.15. The molecule has 0 amide bonds. The number of anilines is 1. The first-order chi connectivity index (χ1) is 13.2. The number of rotatable bonds is 3. The zero-order valence-corrected chi connectivity index (χ0v) is 15.1. The fourth-order valence-corrected chi connectivity index (χ4v) is 2.96. The Morgan fingerprint density at radius 1 is 0.963 bits per heavy atom. The number of hydrogen-bond donors (Lipinski definition) is 2. The van der Waals surface area contributed by atoms with E-state index in [0.29, 0.717) is 34.9 Å². The highest BCUT2D eigenvalue weighted by Crippen LogP contribution is 2.20. The molecule has 0 fully saturated rings. The zero-order chi connectivity index (χ0) is 18.6. The molecule has 5 nitrogen and oxygen atoms in total. The molecule has 0 atom stereocenters. The van der Waals surface area contributed by atoms with E-state index in [1.54, 1.807) is 18.3 Å². The molecule has 1 aliphatic rings. The first-order valence-electron chi connectivity index (χ1n) is 8.50. The van der Waals surface area contributed by atoms with Crippen LogP contribution in [0.5, 0.6) is 0 Å². The second-order valence-corrected chi connectivity index (χ2v) is 6.45. The first-order valence-corrected chi connectivity index (χ1v) is 8.91. The quantitative estimate of drug-likeness (QED) is 0.655. The minimum absolute atomic E-state index is 0.122.